The first-order valence-electron chi connectivity index (χ1n) is 5.52. The summed E-state index contributed by atoms with van der Waals surface area (Å²) in [6, 6.07) is 8.73. The predicted molar refractivity (Wildman–Crippen MR) is 59.8 cm³/mol. The van der Waals surface area contributed by atoms with Crippen molar-refractivity contribution in [3.8, 4) is 0 Å². The highest BCUT2D eigenvalue weighted by atomic mass is 14.9. The lowest BCUT2D eigenvalue weighted by atomic mass is 9.82. The Kier molecular flexibility index (Phi) is 2.05. The van der Waals surface area contributed by atoms with E-state index in [-0.39, 0.29) is 0 Å². The molecule has 0 amide bonds. The number of hydrogen-bond acceptors (Lipinski definition) is 1. The lowest BCUT2D eigenvalue weighted by molar-refractivity contribution is 0.595. The zero-order valence-electron chi connectivity index (χ0n) is 8.61. The molecule has 1 aromatic carbocycles. The second-order valence-electron chi connectivity index (χ2n) is 4.12. The van der Waals surface area contributed by atoms with Crippen LogP contribution in [-0.2, 0) is 6.42 Å². The maximum absolute atomic E-state index is 4.38. The fourth-order valence-corrected chi connectivity index (χ4v) is 2.51. The molecular weight excluding hydrogens is 184 g/mol. The van der Waals surface area contributed by atoms with Gasteiger partial charge in [0.15, 0.2) is 0 Å². The van der Waals surface area contributed by atoms with Crippen LogP contribution in [0.15, 0.2) is 36.7 Å². The average Bonchev–Trinajstić information content (AvgIpc) is 2.82. The number of hydrogen-bond donors (Lipinski definition) is 1. The second-order valence-corrected chi connectivity index (χ2v) is 4.12. The minimum Gasteiger partial charge on any atom is -0.348 e. The van der Waals surface area contributed by atoms with Gasteiger partial charge in [-0.05, 0) is 30.4 Å². The molecule has 0 bridgehead atoms. The monoisotopic (exact) mass is 198 g/mol. The van der Waals surface area contributed by atoms with Crippen molar-refractivity contribution in [3.63, 3.8) is 0 Å². The first kappa shape index (κ1) is 8.72. The van der Waals surface area contributed by atoms with Crippen LogP contribution < -0.4 is 0 Å². The minimum atomic E-state index is 0.477. The van der Waals surface area contributed by atoms with Gasteiger partial charge in [0.1, 0.15) is 5.82 Å². The highest BCUT2D eigenvalue weighted by molar-refractivity contribution is 5.36. The van der Waals surface area contributed by atoms with Crippen molar-refractivity contribution in [2.75, 3.05) is 0 Å². The topological polar surface area (TPSA) is 28.7 Å². The molecule has 1 atom stereocenters. The number of H-pyrrole nitrogens is 1. The summed E-state index contributed by atoms with van der Waals surface area (Å²) >= 11 is 0. The van der Waals surface area contributed by atoms with Crippen LogP contribution in [-0.4, -0.2) is 9.97 Å². The van der Waals surface area contributed by atoms with Gasteiger partial charge in [-0.15, -0.1) is 0 Å². The number of aromatic nitrogens is 2. The molecule has 1 heterocycles. The standard InChI is InChI=1S/C13H14N2/c1-2-6-11-10(4-1)5-3-7-12(11)13-14-8-9-15-13/h1-2,4,6,8-9,12H,3,5,7H2,(H,14,15)/t12-/m0/s1. The van der Waals surface area contributed by atoms with Gasteiger partial charge in [-0.3, -0.25) is 0 Å². The molecule has 1 aliphatic rings. The molecule has 2 heteroatoms. The molecule has 76 valence electrons. The molecule has 0 unspecified atom stereocenters. The van der Waals surface area contributed by atoms with Crippen LogP contribution in [0.5, 0.6) is 0 Å². The quantitative estimate of drug-likeness (QED) is 0.750. The largest absolute Gasteiger partial charge is 0.348 e. The van der Waals surface area contributed by atoms with E-state index in [1.165, 1.54) is 30.4 Å². The van der Waals surface area contributed by atoms with Gasteiger partial charge in [-0.25, -0.2) is 4.98 Å². The van der Waals surface area contributed by atoms with Gasteiger partial charge in [0.05, 0.1) is 0 Å². The van der Waals surface area contributed by atoms with E-state index in [4.69, 9.17) is 0 Å². The Morgan fingerprint density at radius 3 is 3.07 bits per heavy atom. The van der Waals surface area contributed by atoms with Gasteiger partial charge in [0, 0.05) is 18.3 Å². The molecule has 15 heavy (non-hydrogen) atoms. The molecular formula is C13H14N2. The normalized spacial score (nSPS) is 19.9. The Hall–Kier alpha value is -1.57. The van der Waals surface area contributed by atoms with Crippen molar-refractivity contribution in [2.24, 2.45) is 0 Å². The van der Waals surface area contributed by atoms with Crippen molar-refractivity contribution in [1.29, 1.82) is 0 Å². The third-order valence-corrected chi connectivity index (χ3v) is 3.22. The molecule has 2 nitrogen and oxygen atoms in total. The third-order valence-electron chi connectivity index (χ3n) is 3.22. The maximum atomic E-state index is 4.38. The van der Waals surface area contributed by atoms with Gasteiger partial charge >= 0.3 is 0 Å². The van der Waals surface area contributed by atoms with Crippen LogP contribution in [0.3, 0.4) is 0 Å². The van der Waals surface area contributed by atoms with Crippen molar-refractivity contribution < 1.29 is 0 Å². The summed E-state index contributed by atoms with van der Waals surface area (Å²) in [4.78, 5) is 7.62. The van der Waals surface area contributed by atoms with Crippen LogP contribution in [0.25, 0.3) is 0 Å². The Labute approximate surface area is 89.4 Å². The molecule has 3 rings (SSSR count). The lowest BCUT2D eigenvalue weighted by Gasteiger charge is -2.23. The Morgan fingerprint density at radius 1 is 1.27 bits per heavy atom. The van der Waals surface area contributed by atoms with E-state index >= 15 is 0 Å². The number of rotatable bonds is 1. The summed E-state index contributed by atoms with van der Waals surface area (Å²) in [6.45, 7) is 0. The van der Waals surface area contributed by atoms with Crippen LogP contribution in [0.4, 0.5) is 0 Å². The van der Waals surface area contributed by atoms with Gasteiger partial charge in [0.25, 0.3) is 0 Å². The number of benzene rings is 1. The van der Waals surface area contributed by atoms with Gasteiger partial charge in [-0.1, -0.05) is 24.3 Å². The summed E-state index contributed by atoms with van der Waals surface area (Å²) in [5.41, 5.74) is 2.95. The molecule has 2 aromatic rings. The molecule has 1 N–H and O–H groups in total. The van der Waals surface area contributed by atoms with E-state index < -0.39 is 0 Å². The lowest BCUT2D eigenvalue weighted by Crippen LogP contribution is -2.11. The first-order valence-corrected chi connectivity index (χ1v) is 5.52. The Morgan fingerprint density at radius 2 is 2.20 bits per heavy atom. The van der Waals surface area contributed by atoms with Gasteiger partial charge in [0.2, 0.25) is 0 Å². The predicted octanol–water partition coefficient (Wildman–Crippen LogP) is 2.88. The second kappa shape index (κ2) is 3.54. The van der Waals surface area contributed by atoms with Crippen molar-refractivity contribution in [1.82, 2.24) is 9.97 Å². The molecule has 0 aliphatic heterocycles. The molecule has 0 radical (unpaired) electrons. The zero-order chi connectivity index (χ0) is 10.1. The number of fused-ring (bicyclic) bond motifs is 1. The fourth-order valence-electron chi connectivity index (χ4n) is 2.51. The number of aryl methyl sites for hydroxylation is 1. The zero-order valence-corrected chi connectivity index (χ0v) is 8.61. The first-order chi connectivity index (χ1) is 7.45. The minimum absolute atomic E-state index is 0.477. The van der Waals surface area contributed by atoms with E-state index in [2.05, 4.69) is 34.2 Å². The summed E-state index contributed by atoms with van der Waals surface area (Å²) < 4.78 is 0. The van der Waals surface area contributed by atoms with Crippen molar-refractivity contribution >= 4 is 0 Å². The molecule has 0 saturated carbocycles. The highest BCUT2D eigenvalue weighted by Crippen LogP contribution is 2.34. The van der Waals surface area contributed by atoms with Crippen LogP contribution in [0.2, 0.25) is 0 Å². The van der Waals surface area contributed by atoms with Crippen molar-refractivity contribution in [2.45, 2.75) is 25.2 Å². The van der Waals surface area contributed by atoms with E-state index in [1.54, 1.807) is 0 Å². The summed E-state index contributed by atoms with van der Waals surface area (Å²) in [5, 5.41) is 0. The number of aromatic amines is 1. The maximum Gasteiger partial charge on any atom is 0.113 e. The van der Waals surface area contributed by atoms with Crippen LogP contribution >= 0.6 is 0 Å². The summed E-state index contributed by atoms with van der Waals surface area (Å²) in [5.74, 6) is 1.59. The van der Waals surface area contributed by atoms with E-state index in [9.17, 15) is 0 Å². The highest BCUT2D eigenvalue weighted by Gasteiger charge is 2.22. The average molecular weight is 198 g/mol. The molecule has 0 spiro atoms. The van der Waals surface area contributed by atoms with E-state index in [1.807, 2.05) is 12.4 Å². The molecule has 0 saturated heterocycles. The number of nitrogens with zero attached hydrogens (tertiary/aromatic N) is 1. The Balaban J connectivity index is 2.06. The number of imidazole rings is 1. The van der Waals surface area contributed by atoms with E-state index in [0.717, 1.165) is 5.82 Å². The van der Waals surface area contributed by atoms with Crippen molar-refractivity contribution in [3.05, 3.63) is 53.6 Å². The van der Waals surface area contributed by atoms with Crippen LogP contribution in [0.1, 0.15) is 35.7 Å². The third kappa shape index (κ3) is 1.46. The summed E-state index contributed by atoms with van der Waals surface area (Å²) in [6.07, 6.45) is 7.44. The van der Waals surface area contributed by atoms with Gasteiger partial charge in [-0.2, -0.15) is 0 Å². The SMILES string of the molecule is c1ccc2c(c1)CCC[C@@H]2c1ncc[nH]1. The van der Waals surface area contributed by atoms with E-state index in [0.29, 0.717) is 5.92 Å². The molecule has 1 aromatic heterocycles. The Bertz CT molecular complexity index is 445. The molecule has 1 aliphatic carbocycles. The summed E-state index contributed by atoms with van der Waals surface area (Å²) in [7, 11) is 0. The molecule has 0 fully saturated rings. The smallest absolute Gasteiger partial charge is 0.113 e. The van der Waals surface area contributed by atoms with Crippen LogP contribution in [0, 0.1) is 0 Å². The van der Waals surface area contributed by atoms with Gasteiger partial charge < -0.3 is 4.98 Å². The number of nitrogens with one attached hydrogen (secondary N) is 1. The fraction of sp³-hybridized carbons (Fsp3) is 0.308.